The Morgan fingerprint density at radius 3 is 3.00 bits per heavy atom. The third kappa shape index (κ3) is 2.39. The zero-order valence-electron chi connectivity index (χ0n) is 10.2. The Balaban J connectivity index is 1.69. The zero-order valence-corrected chi connectivity index (χ0v) is 10.2. The van der Waals surface area contributed by atoms with Crippen LogP contribution in [0.2, 0.25) is 0 Å². The summed E-state index contributed by atoms with van der Waals surface area (Å²) in [7, 11) is 0. The Morgan fingerprint density at radius 2 is 2.18 bits per heavy atom. The van der Waals surface area contributed by atoms with Gasteiger partial charge in [0.15, 0.2) is 0 Å². The quantitative estimate of drug-likeness (QED) is 0.861. The largest absolute Gasteiger partial charge is 0.491 e. The summed E-state index contributed by atoms with van der Waals surface area (Å²) in [5.74, 6) is 1.93. The van der Waals surface area contributed by atoms with E-state index in [2.05, 4.69) is 34.5 Å². The lowest BCUT2D eigenvalue weighted by Gasteiger charge is -2.31. The number of nitrogens with one attached hydrogen (secondary N) is 1. The fraction of sp³-hybridized carbons (Fsp3) is 0.571. The highest BCUT2D eigenvalue weighted by Crippen LogP contribution is 2.30. The molecule has 0 aromatic heterocycles. The third-order valence-corrected chi connectivity index (χ3v) is 3.71. The van der Waals surface area contributed by atoms with Crippen LogP contribution in [0.25, 0.3) is 0 Å². The van der Waals surface area contributed by atoms with E-state index in [-0.39, 0.29) is 0 Å². The molecule has 2 heterocycles. The van der Waals surface area contributed by atoms with Crippen LogP contribution in [-0.4, -0.2) is 32.8 Å². The lowest BCUT2D eigenvalue weighted by Crippen LogP contribution is -2.43. The fourth-order valence-corrected chi connectivity index (χ4v) is 2.52. The Morgan fingerprint density at radius 1 is 1.29 bits per heavy atom. The lowest BCUT2D eigenvalue weighted by atomic mass is 9.99. The summed E-state index contributed by atoms with van der Waals surface area (Å²) in [6.07, 6.45) is 2.42. The van der Waals surface area contributed by atoms with Crippen LogP contribution in [0.15, 0.2) is 24.3 Å². The molecule has 0 aliphatic carbocycles. The summed E-state index contributed by atoms with van der Waals surface area (Å²) in [6.45, 7) is 5.53. The molecule has 3 heteroatoms. The molecule has 0 atom stereocenters. The van der Waals surface area contributed by atoms with E-state index in [0.717, 1.165) is 37.8 Å². The Labute approximate surface area is 103 Å². The zero-order chi connectivity index (χ0) is 11.5. The van der Waals surface area contributed by atoms with Crippen molar-refractivity contribution in [3.63, 3.8) is 0 Å². The van der Waals surface area contributed by atoms with E-state index >= 15 is 0 Å². The molecule has 1 aromatic carbocycles. The molecule has 0 unspecified atom stereocenters. The van der Waals surface area contributed by atoms with E-state index in [1.54, 1.807) is 0 Å². The minimum Gasteiger partial charge on any atom is -0.491 e. The van der Waals surface area contributed by atoms with Crippen LogP contribution < -0.4 is 15.0 Å². The number of ether oxygens (including phenoxy) is 1. The monoisotopic (exact) mass is 232 g/mol. The SMILES string of the molecule is c1ccc2c(c1)OCCCN2CCC1CNC1. The van der Waals surface area contributed by atoms with Gasteiger partial charge in [0, 0.05) is 13.1 Å². The van der Waals surface area contributed by atoms with E-state index in [1.165, 1.54) is 25.2 Å². The third-order valence-electron chi connectivity index (χ3n) is 3.71. The number of hydrogen-bond donors (Lipinski definition) is 1. The minimum atomic E-state index is 0.846. The van der Waals surface area contributed by atoms with Crippen LogP contribution >= 0.6 is 0 Å². The van der Waals surface area contributed by atoms with Crippen molar-refractivity contribution in [3.8, 4) is 5.75 Å². The van der Waals surface area contributed by atoms with Crippen molar-refractivity contribution < 1.29 is 4.74 Å². The van der Waals surface area contributed by atoms with Crippen LogP contribution in [-0.2, 0) is 0 Å². The number of benzene rings is 1. The molecule has 3 rings (SSSR count). The van der Waals surface area contributed by atoms with E-state index in [1.807, 2.05) is 0 Å². The molecule has 0 saturated carbocycles. The van der Waals surface area contributed by atoms with Crippen LogP contribution in [0.4, 0.5) is 5.69 Å². The van der Waals surface area contributed by atoms with Gasteiger partial charge < -0.3 is 15.0 Å². The molecule has 1 fully saturated rings. The normalized spacial score (nSPS) is 20.1. The summed E-state index contributed by atoms with van der Waals surface area (Å²) in [5.41, 5.74) is 1.28. The Hall–Kier alpha value is -1.22. The summed E-state index contributed by atoms with van der Waals surface area (Å²) >= 11 is 0. The van der Waals surface area contributed by atoms with Gasteiger partial charge in [0.1, 0.15) is 5.75 Å². The van der Waals surface area contributed by atoms with Gasteiger partial charge in [0.2, 0.25) is 0 Å². The maximum Gasteiger partial charge on any atom is 0.142 e. The molecule has 0 amide bonds. The van der Waals surface area contributed by atoms with Crippen LogP contribution in [0.1, 0.15) is 12.8 Å². The highest BCUT2D eigenvalue weighted by molar-refractivity contribution is 5.58. The average molecular weight is 232 g/mol. The van der Waals surface area contributed by atoms with Gasteiger partial charge in [-0.1, -0.05) is 12.1 Å². The second kappa shape index (κ2) is 4.96. The van der Waals surface area contributed by atoms with Crippen molar-refractivity contribution in [2.24, 2.45) is 5.92 Å². The number of rotatable bonds is 3. The van der Waals surface area contributed by atoms with Crippen molar-refractivity contribution in [2.45, 2.75) is 12.8 Å². The van der Waals surface area contributed by atoms with Gasteiger partial charge >= 0.3 is 0 Å². The van der Waals surface area contributed by atoms with Crippen molar-refractivity contribution in [1.82, 2.24) is 5.32 Å². The lowest BCUT2D eigenvalue weighted by molar-refractivity contribution is 0.320. The predicted octanol–water partition coefficient (Wildman–Crippen LogP) is 1.88. The molecular weight excluding hydrogens is 212 g/mol. The summed E-state index contributed by atoms with van der Waals surface area (Å²) in [6, 6.07) is 8.42. The number of nitrogens with zero attached hydrogens (tertiary/aromatic N) is 1. The fourth-order valence-electron chi connectivity index (χ4n) is 2.52. The maximum atomic E-state index is 5.77. The van der Waals surface area contributed by atoms with Gasteiger partial charge in [-0.15, -0.1) is 0 Å². The van der Waals surface area contributed by atoms with Crippen LogP contribution in [0, 0.1) is 5.92 Å². The molecule has 2 aliphatic heterocycles. The van der Waals surface area contributed by atoms with E-state index in [0.29, 0.717) is 0 Å². The summed E-state index contributed by atoms with van der Waals surface area (Å²) < 4.78 is 5.77. The molecule has 1 aromatic rings. The highest BCUT2D eigenvalue weighted by atomic mass is 16.5. The van der Waals surface area contributed by atoms with Crippen molar-refractivity contribution in [2.75, 3.05) is 37.7 Å². The van der Waals surface area contributed by atoms with Gasteiger partial charge in [-0.25, -0.2) is 0 Å². The summed E-state index contributed by atoms with van der Waals surface area (Å²) in [4.78, 5) is 2.49. The number of hydrogen-bond acceptors (Lipinski definition) is 3. The van der Waals surface area contributed by atoms with Crippen LogP contribution in [0.3, 0.4) is 0 Å². The van der Waals surface area contributed by atoms with Crippen LogP contribution in [0.5, 0.6) is 5.75 Å². The molecule has 1 N–H and O–H groups in total. The number of para-hydroxylation sites is 2. The van der Waals surface area contributed by atoms with Crippen molar-refractivity contribution >= 4 is 5.69 Å². The molecular formula is C14H20N2O. The van der Waals surface area contributed by atoms with Crippen molar-refractivity contribution in [3.05, 3.63) is 24.3 Å². The standard InChI is InChI=1S/C14H20N2O/c1-2-5-14-13(4-1)16(7-3-9-17-14)8-6-12-10-15-11-12/h1-2,4-5,12,15H,3,6-11H2. The minimum absolute atomic E-state index is 0.846. The second-order valence-electron chi connectivity index (χ2n) is 4.97. The first kappa shape index (κ1) is 10.9. The molecule has 17 heavy (non-hydrogen) atoms. The van der Waals surface area contributed by atoms with E-state index in [4.69, 9.17) is 4.74 Å². The maximum absolute atomic E-state index is 5.77. The highest BCUT2D eigenvalue weighted by Gasteiger charge is 2.20. The average Bonchev–Trinajstić information content (AvgIpc) is 2.50. The Bertz CT molecular complexity index is 376. The van der Waals surface area contributed by atoms with Gasteiger partial charge in [-0.05, 0) is 44.0 Å². The number of fused-ring (bicyclic) bond motifs is 1. The smallest absolute Gasteiger partial charge is 0.142 e. The molecule has 1 saturated heterocycles. The topological polar surface area (TPSA) is 24.5 Å². The van der Waals surface area contributed by atoms with E-state index in [9.17, 15) is 0 Å². The molecule has 3 nitrogen and oxygen atoms in total. The van der Waals surface area contributed by atoms with Gasteiger partial charge in [-0.2, -0.15) is 0 Å². The van der Waals surface area contributed by atoms with Gasteiger partial charge in [-0.3, -0.25) is 0 Å². The first-order chi connectivity index (χ1) is 8.43. The van der Waals surface area contributed by atoms with Crippen molar-refractivity contribution in [1.29, 1.82) is 0 Å². The van der Waals surface area contributed by atoms with Gasteiger partial charge in [0.25, 0.3) is 0 Å². The Kier molecular flexibility index (Phi) is 3.18. The van der Waals surface area contributed by atoms with Gasteiger partial charge in [0.05, 0.1) is 12.3 Å². The predicted molar refractivity (Wildman–Crippen MR) is 69.7 cm³/mol. The number of anilines is 1. The summed E-state index contributed by atoms with van der Waals surface area (Å²) in [5, 5.41) is 3.34. The molecule has 0 radical (unpaired) electrons. The first-order valence-corrected chi connectivity index (χ1v) is 6.61. The second-order valence-corrected chi connectivity index (χ2v) is 4.97. The molecule has 2 aliphatic rings. The molecule has 0 bridgehead atoms. The first-order valence-electron chi connectivity index (χ1n) is 6.61. The molecule has 92 valence electrons. The molecule has 0 spiro atoms. The van der Waals surface area contributed by atoms with E-state index < -0.39 is 0 Å².